The van der Waals surface area contributed by atoms with Crippen LogP contribution in [0.3, 0.4) is 0 Å². The van der Waals surface area contributed by atoms with Gasteiger partial charge in [-0.1, -0.05) is 41.5 Å². The molecule has 7 nitrogen and oxygen atoms in total. The van der Waals surface area contributed by atoms with E-state index in [1.807, 2.05) is 0 Å². The van der Waals surface area contributed by atoms with Crippen molar-refractivity contribution in [1.29, 1.82) is 0 Å². The summed E-state index contributed by atoms with van der Waals surface area (Å²) in [5.74, 6) is -3.90. The molecular weight excluding hydrogens is 348 g/mol. The number of hydrogen-bond donors (Lipinski definition) is 3. The summed E-state index contributed by atoms with van der Waals surface area (Å²) < 4.78 is 31.8. The zero-order valence-corrected chi connectivity index (χ0v) is 16.8. The van der Waals surface area contributed by atoms with Crippen molar-refractivity contribution in [2.75, 3.05) is 0 Å². The second-order valence-electron chi connectivity index (χ2n) is 8.12. The average Bonchev–Trinajstić information content (AvgIpc) is 2.34. The number of carboxylic acid groups (broad SMARTS) is 2. The van der Waals surface area contributed by atoms with E-state index in [2.05, 4.69) is 0 Å². The molecule has 0 spiro atoms. The molecule has 3 N–H and O–H groups in total. The first kappa shape index (κ1) is 23.9. The smallest absolute Gasteiger partial charge is 0.328 e. The molecule has 0 amide bonds. The maximum absolute atomic E-state index is 12.3. The van der Waals surface area contributed by atoms with E-state index in [0.717, 1.165) is 0 Å². The maximum atomic E-state index is 12.3. The molecule has 0 saturated carbocycles. The van der Waals surface area contributed by atoms with Crippen molar-refractivity contribution in [2.24, 2.45) is 23.2 Å². The maximum Gasteiger partial charge on any atom is 0.328 e. The lowest BCUT2D eigenvalue weighted by Gasteiger charge is -2.45. The summed E-state index contributed by atoms with van der Waals surface area (Å²) in [7, 11) is -5.20. The van der Waals surface area contributed by atoms with Crippen LogP contribution in [0.2, 0.25) is 0 Å². The molecule has 1 unspecified atom stereocenters. The minimum atomic E-state index is -5.20. The van der Waals surface area contributed by atoms with Gasteiger partial charge in [-0.3, -0.25) is 14.1 Å². The van der Waals surface area contributed by atoms with Gasteiger partial charge in [0.05, 0.1) is 0 Å². The molecule has 0 aliphatic rings. The predicted molar refractivity (Wildman–Crippen MR) is 95.0 cm³/mol. The van der Waals surface area contributed by atoms with Crippen LogP contribution in [0.4, 0.5) is 0 Å². The molecule has 0 rings (SSSR count). The number of aliphatic carboxylic acids is 2. The van der Waals surface area contributed by atoms with E-state index in [-0.39, 0.29) is 37.0 Å². The van der Waals surface area contributed by atoms with Crippen molar-refractivity contribution in [3.05, 3.63) is 0 Å². The van der Waals surface area contributed by atoms with Crippen molar-refractivity contribution < 1.29 is 32.8 Å². The first-order valence-electron chi connectivity index (χ1n) is 8.58. The third kappa shape index (κ3) is 4.94. The molecule has 0 aromatic heterocycles. The lowest BCUT2D eigenvalue weighted by molar-refractivity contribution is -0.164. The van der Waals surface area contributed by atoms with Gasteiger partial charge in [0.1, 0.15) is 5.41 Å². The highest BCUT2D eigenvalue weighted by molar-refractivity contribution is 7.88. The van der Waals surface area contributed by atoms with Gasteiger partial charge >= 0.3 is 11.9 Å². The van der Waals surface area contributed by atoms with Gasteiger partial charge in [-0.15, -0.1) is 0 Å². The largest absolute Gasteiger partial charge is 0.481 e. The number of carbonyl (C=O) groups is 2. The summed E-state index contributed by atoms with van der Waals surface area (Å²) in [6.07, 6.45) is -0.614. The van der Waals surface area contributed by atoms with Crippen LogP contribution >= 0.6 is 0 Å². The van der Waals surface area contributed by atoms with Crippen LogP contribution in [-0.4, -0.2) is 39.9 Å². The van der Waals surface area contributed by atoms with E-state index in [9.17, 15) is 32.8 Å². The van der Waals surface area contributed by atoms with Crippen LogP contribution in [0.5, 0.6) is 0 Å². The highest BCUT2D eigenvalue weighted by Crippen LogP contribution is 2.50. The molecule has 0 aromatic rings. The second kappa shape index (κ2) is 8.49. The zero-order valence-electron chi connectivity index (χ0n) is 15.9. The third-order valence-electron chi connectivity index (χ3n) is 4.56. The van der Waals surface area contributed by atoms with Gasteiger partial charge in [-0.2, -0.15) is 8.42 Å². The van der Waals surface area contributed by atoms with Crippen LogP contribution in [0, 0.1) is 23.2 Å². The van der Waals surface area contributed by atoms with E-state index in [1.54, 1.807) is 41.5 Å². The van der Waals surface area contributed by atoms with Crippen molar-refractivity contribution in [2.45, 2.75) is 72.0 Å². The molecule has 0 bridgehead atoms. The molecule has 148 valence electrons. The number of carboxylic acids is 2. The Labute approximate surface area is 150 Å². The molecule has 0 aromatic carbocycles. The number of hydrogen-bond acceptors (Lipinski definition) is 4. The van der Waals surface area contributed by atoms with Crippen molar-refractivity contribution in [3.8, 4) is 0 Å². The summed E-state index contributed by atoms with van der Waals surface area (Å²) in [6.45, 7) is 10.4. The van der Waals surface area contributed by atoms with Gasteiger partial charge < -0.3 is 10.2 Å². The fourth-order valence-corrected chi connectivity index (χ4v) is 5.03. The Morgan fingerprint density at radius 3 is 1.44 bits per heavy atom. The Morgan fingerprint density at radius 1 is 0.840 bits per heavy atom. The van der Waals surface area contributed by atoms with Crippen LogP contribution < -0.4 is 0 Å². The molecule has 0 saturated heterocycles. The molecule has 0 aliphatic heterocycles. The van der Waals surface area contributed by atoms with Gasteiger partial charge in [0.25, 0.3) is 10.1 Å². The Balaban J connectivity index is 6.89. The summed E-state index contributed by atoms with van der Waals surface area (Å²) in [5, 5.41) is 19.9. The van der Waals surface area contributed by atoms with Gasteiger partial charge in [-0.25, -0.2) is 0 Å². The highest BCUT2D eigenvalue weighted by Gasteiger charge is 2.68. The minimum Gasteiger partial charge on any atom is -0.481 e. The van der Waals surface area contributed by atoms with E-state index in [1.165, 1.54) is 0 Å². The van der Waals surface area contributed by atoms with Gasteiger partial charge in [0.15, 0.2) is 0 Å². The minimum absolute atomic E-state index is 0.0509. The first-order chi connectivity index (χ1) is 11.1. The van der Waals surface area contributed by atoms with Gasteiger partial charge in [0.2, 0.25) is 4.75 Å². The molecule has 0 aliphatic carbocycles. The fourth-order valence-electron chi connectivity index (χ4n) is 3.68. The fraction of sp³-hybridized carbons (Fsp3) is 0.882. The topological polar surface area (TPSA) is 129 Å². The SMILES string of the molecule is CC(C)CCC(C(=O)O)(C(CC(C)C)(CC(C)C)C(=O)O)S(=O)(=O)O. The quantitative estimate of drug-likeness (QED) is 0.469. The average molecular weight is 381 g/mol. The third-order valence-corrected chi connectivity index (χ3v) is 6.21. The standard InChI is InChI=1S/C17H32O7S/c1-11(2)7-8-17(15(20)21,25(22,23)24)16(14(18)19,9-12(3)4)10-13(5)6/h11-13H,7-10H2,1-6H3,(H,18,19)(H,20,21)(H,22,23,24). The summed E-state index contributed by atoms with van der Waals surface area (Å²) in [4.78, 5) is 24.5. The van der Waals surface area contributed by atoms with E-state index in [0.29, 0.717) is 0 Å². The highest BCUT2D eigenvalue weighted by atomic mass is 32.2. The van der Waals surface area contributed by atoms with Crippen molar-refractivity contribution in [3.63, 3.8) is 0 Å². The van der Waals surface area contributed by atoms with Crippen LogP contribution in [-0.2, 0) is 19.7 Å². The van der Waals surface area contributed by atoms with E-state index >= 15 is 0 Å². The molecule has 0 heterocycles. The molecular formula is C17H32O7S. The van der Waals surface area contributed by atoms with Crippen molar-refractivity contribution >= 4 is 22.1 Å². The molecule has 0 radical (unpaired) electrons. The monoisotopic (exact) mass is 380 g/mol. The normalized spacial score (nSPS) is 15.6. The number of rotatable bonds is 11. The Kier molecular flexibility index (Phi) is 8.10. The summed E-state index contributed by atoms with van der Waals surface area (Å²) >= 11 is 0. The van der Waals surface area contributed by atoms with Crippen molar-refractivity contribution in [1.82, 2.24) is 0 Å². The Hall–Kier alpha value is -1.15. The zero-order chi connectivity index (χ0) is 20.2. The Bertz CT molecular complexity index is 568. The molecule has 1 atom stereocenters. The van der Waals surface area contributed by atoms with Gasteiger partial charge in [0, 0.05) is 0 Å². The Morgan fingerprint density at radius 2 is 1.24 bits per heavy atom. The first-order valence-corrected chi connectivity index (χ1v) is 10.0. The van der Waals surface area contributed by atoms with Gasteiger partial charge in [-0.05, 0) is 43.4 Å². The lowest BCUT2D eigenvalue weighted by Crippen LogP contribution is -2.63. The predicted octanol–water partition coefficient (Wildman–Crippen LogP) is 3.30. The van der Waals surface area contributed by atoms with E-state index < -0.39 is 38.6 Å². The molecule has 0 fully saturated rings. The molecule has 8 heteroatoms. The summed E-state index contributed by atoms with van der Waals surface area (Å²) in [6, 6.07) is 0. The lowest BCUT2D eigenvalue weighted by atomic mass is 9.63. The van der Waals surface area contributed by atoms with E-state index in [4.69, 9.17) is 0 Å². The van der Waals surface area contributed by atoms with Crippen LogP contribution in [0.15, 0.2) is 0 Å². The summed E-state index contributed by atoms with van der Waals surface area (Å²) in [5.41, 5.74) is -2.12. The van der Waals surface area contributed by atoms with Crippen LogP contribution in [0.25, 0.3) is 0 Å². The molecule has 25 heavy (non-hydrogen) atoms. The second-order valence-corrected chi connectivity index (χ2v) is 9.77. The van der Waals surface area contributed by atoms with Crippen LogP contribution in [0.1, 0.15) is 67.2 Å².